The molecule has 0 unspecified atom stereocenters. The average molecular weight is 471 g/mol. The van der Waals surface area contributed by atoms with E-state index in [0.717, 1.165) is 17.9 Å². The summed E-state index contributed by atoms with van der Waals surface area (Å²) in [5, 5.41) is 4.11. The van der Waals surface area contributed by atoms with Gasteiger partial charge in [0.1, 0.15) is 5.82 Å². The first-order chi connectivity index (χ1) is 16.4. The summed E-state index contributed by atoms with van der Waals surface area (Å²) >= 11 is 5.83. The van der Waals surface area contributed by atoms with E-state index in [1.807, 2.05) is 30.3 Å². The highest BCUT2D eigenvalue weighted by molar-refractivity contribution is 7.80. The SMILES string of the molecule is Cc1cc(N2C(=S)N[C@H](c3ccccn3)[C@@H]2c2cc(C)n(Cc3ccccc3)c2C)ccc1F. The van der Waals surface area contributed by atoms with Crippen molar-refractivity contribution in [2.45, 2.75) is 39.4 Å². The Balaban J connectivity index is 1.63. The molecule has 0 radical (unpaired) electrons. The molecule has 5 rings (SSSR count). The van der Waals surface area contributed by atoms with E-state index in [0.29, 0.717) is 10.7 Å². The van der Waals surface area contributed by atoms with Crippen molar-refractivity contribution in [1.82, 2.24) is 14.9 Å². The minimum atomic E-state index is -0.222. The van der Waals surface area contributed by atoms with Gasteiger partial charge in [0, 0.05) is 29.8 Å². The number of benzene rings is 2. The Bertz CT molecular complexity index is 1330. The zero-order chi connectivity index (χ0) is 23.8. The number of nitrogens with zero attached hydrogens (tertiary/aromatic N) is 3. The van der Waals surface area contributed by atoms with Gasteiger partial charge in [-0.2, -0.15) is 0 Å². The van der Waals surface area contributed by atoms with Gasteiger partial charge in [-0.3, -0.25) is 4.98 Å². The summed E-state index contributed by atoms with van der Waals surface area (Å²) < 4.78 is 16.4. The molecule has 1 aliphatic rings. The molecule has 4 nitrogen and oxygen atoms in total. The van der Waals surface area contributed by atoms with Crippen LogP contribution in [0.1, 0.15) is 45.9 Å². The molecule has 0 amide bonds. The number of aryl methyl sites for hydroxylation is 2. The largest absolute Gasteiger partial charge is 0.351 e. The third kappa shape index (κ3) is 3.99. The van der Waals surface area contributed by atoms with Crippen LogP contribution in [0.5, 0.6) is 0 Å². The molecule has 2 aromatic heterocycles. The van der Waals surface area contributed by atoms with Crippen LogP contribution in [0.4, 0.5) is 10.1 Å². The average Bonchev–Trinajstić information content (AvgIpc) is 3.33. The van der Waals surface area contributed by atoms with Gasteiger partial charge < -0.3 is 14.8 Å². The van der Waals surface area contributed by atoms with Crippen molar-refractivity contribution >= 4 is 23.0 Å². The lowest BCUT2D eigenvalue weighted by molar-refractivity contribution is 0.563. The maximum Gasteiger partial charge on any atom is 0.174 e. The van der Waals surface area contributed by atoms with Crippen molar-refractivity contribution < 1.29 is 4.39 Å². The minimum absolute atomic E-state index is 0.122. The maximum absolute atomic E-state index is 14.1. The van der Waals surface area contributed by atoms with Gasteiger partial charge >= 0.3 is 0 Å². The predicted molar refractivity (Wildman–Crippen MR) is 139 cm³/mol. The Morgan fingerprint density at radius 2 is 1.74 bits per heavy atom. The summed E-state index contributed by atoms with van der Waals surface area (Å²) in [6.45, 7) is 6.88. The van der Waals surface area contributed by atoms with E-state index in [-0.39, 0.29) is 17.9 Å². The van der Waals surface area contributed by atoms with E-state index in [9.17, 15) is 4.39 Å². The lowest BCUT2D eigenvalue weighted by atomic mass is 9.96. The fourth-order valence-electron chi connectivity index (χ4n) is 4.86. The quantitative estimate of drug-likeness (QED) is 0.354. The summed E-state index contributed by atoms with van der Waals surface area (Å²) in [6.07, 6.45) is 1.81. The van der Waals surface area contributed by atoms with Gasteiger partial charge in [0.15, 0.2) is 5.11 Å². The van der Waals surface area contributed by atoms with E-state index in [4.69, 9.17) is 12.2 Å². The molecule has 34 heavy (non-hydrogen) atoms. The van der Waals surface area contributed by atoms with Gasteiger partial charge in [0.2, 0.25) is 0 Å². The van der Waals surface area contributed by atoms with Crippen LogP contribution in [-0.2, 0) is 6.54 Å². The zero-order valence-corrected chi connectivity index (χ0v) is 20.3. The number of anilines is 1. The molecule has 0 spiro atoms. The summed E-state index contributed by atoms with van der Waals surface area (Å²) in [5.74, 6) is -0.222. The third-order valence-electron chi connectivity index (χ3n) is 6.63. The number of hydrogen-bond acceptors (Lipinski definition) is 2. The molecule has 1 saturated heterocycles. The van der Waals surface area contributed by atoms with Crippen LogP contribution in [-0.4, -0.2) is 14.7 Å². The predicted octanol–water partition coefficient (Wildman–Crippen LogP) is 6.17. The second kappa shape index (κ2) is 9.03. The zero-order valence-electron chi connectivity index (χ0n) is 19.5. The molecule has 1 fully saturated rings. The van der Waals surface area contributed by atoms with Crippen molar-refractivity contribution in [3.05, 3.63) is 119 Å². The molecule has 3 heterocycles. The first-order valence-electron chi connectivity index (χ1n) is 11.4. The Hall–Kier alpha value is -3.51. The van der Waals surface area contributed by atoms with Crippen molar-refractivity contribution in [3.63, 3.8) is 0 Å². The molecule has 2 atom stereocenters. The Morgan fingerprint density at radius 1 is 0.971 bits per heavy atom. The summed E-state index contributed by atoms with van der Waals surface area (Å²) in [4.78, 5) is 6.75. The molecule has 1 aliphatic heterocycles. The lowest BCUT2D eigenvalue weighted by Gasteiger charge is -2.28. The molecule has 6 heteroatoms. The highest BCUT2D eigenvalue weighted by Gasteiger charge is 2.42. The van der Waals surface area contributed by atoms with Gasteiger partial charge in [-0.05, 0) is 86.1 Å². The van der Waals surface area contributed by atoms with Gasteiger partial charge in [-0.1, -0.05) is 36.4 Å². The number of pyridine rings is 1. The summed E-state index contributed by atoms with van der Waals surface area (Å²) in [6, 6.07) is 23.6. The molecular formula is C28H27FN4S. The van der Waals surface area contributed by atoms with Crippen molar-refractivity contribution in [2.75, 3.05) is 4.90 Å². The third-order valence-corrected chi connectivity index (χ3v) is 6.95. The number of aromatic nitrogens is 2. The van der Waals surface area contributed by atoms with E-state index in [2.05, 4.69) is 63.9 Å². The fraction of sp³-hybridized carbons (Fsp3) is 0.214. The van der Waals surface area contributed by atoms with Crippen LogP contribution in [0.2, 0.25) is 0 Å². The minimum Gasteiger partial charge on any atom is -0.351 e. The molecule has 4 aromatic rings. The van der Waals surface area contributed by atoms with E-state index in [1.165, 1.54) is 28.6 Å². The van der Waals surface area contributed by atoms with Crippen LogP contribution in [0, 0.1) is 26.6 Å². The second-order valence-corrected chi connectivity index (χ2v) is 9.22. The first-order valence-corrected chi connectivity index (χ1v) is 11.8. The molecule has 172 valence electrons. The van der Waals surface area contributed by atoms with Crippen LogP contribution < -0.4 is 10.2 Å². The van der Waals surface area contributed by atoms with Gasteiger partial charge in [0.25, 0.3) is 0 Å². The Kier molecular flexibility index (Phi) is 5.92. The van der Waals surface area contributed by atoms with Crippen LogP contribution >= 0.6 is 12.2 Å². The standard InChI is InChI=1S/C28H27FN4S/c1-18-15-22(12-13-24(18)29)33-27(26(31-28(33)34)25-11-7-8-14-30-25)23-16-19(2)32(20(23)3)17-21-9-5-4-6-10-21/h4-16,26-27H,17H2,1-3H3,(H,31,34)/t26-,27+/m1/s1. The highest BCUT2D eigenvalue weighted by Crippen LogP contribution is 2.43. The van der Waals surface area contributed by atoms with Crippen molar-refractivity contribution in [2.24, 2.45) is 0 Å². The smallest absolute Gasteiger partial charge is 0.174 e. The van der Waals surface area contributed by atoms with E-state index < -0.39 is 0 Å². The number of nitrogens with one attached hydrogen (secondary N) is 1. The van der Waals surface area contributed by atoms with E-state index in [1.54, 1.807) is 19.2 Å². The summed E-state index contributed by atoms with van der Waals surface area (Å²) in [7, 11) is 0. The molecule has 2 aromatic carbocycles. The molecule has 1 N–H and O–H groups in total. The van der Waals surface area contributed by atoms with Crippen molar-refractivity contribution in [1.29, 1.82) is 0 Å². The lowest BCUT2D eigenvalue weighted by Crippen LogP contribution is -2.29. The second-order valence-electron chi connectivity index (χ2n) is 8.83. The molecule has 0 aliphatic carbocycles. The summed E-state index contributed by atoms with van der Waals surface area (Å²) in [5.41, 5.74) is 7.18. The Labute approximate surface area is 205 Å². The van der Waals surface area contributed by atoms with Crippen molar-refractivity contribution in [3.8, 4) is 0 Å². The highest BCUT2D eigenvalue weighted by atomic mass is 32.1. The molecule has 0 bridgehead atoms. The van der Waals surface area contributed by atoms with Crippen LogP contribution in [0.15, 0.2) is 79.0 Å². The number of thiocarbonyl (C=S) groups is 1. The number of rotatable bonds is 5. The molecule has 0 saturated carbocycles. The first kappa shape index (κ1) is 22.3. The van der Waals surface area contributed by atoms with E-state index >= 15 is 0 Å². The van der Waals surface area contributed by atoms with Gasteiger partial charge in [0.05, 0.1) is 17.8 Å². The van der Waals surface area contributed by atoms with Crippen LogP contribution in [0.25, 0.3) is 0 Å². The number of hydrogen-bond donors (Lipinski definition) is 1. The fourth-order valence-corrected chi connectivity index (χ4v) is 5.21. The molecular weight excluding hydrogens is 443 g/mol. The normalized spacial score (nSPS) is 17.8. The van der Waals surface area contributed by atoms with Gasteiger partial charge in [-0.25, -0.2) is 4.39 Å². The van der Waals surface area contributed by atoms with Crippen LogP contribution in [0.3, 0.4) is 0 Å². The topological polar surface area (TPSA) is 33.1 Å². The Morgan fingerprint density at radius 3 is 2.44 bits per heavy atom. The maximum atomic E-state index is 14.1. The monoisotopic (exact) mass is 470 g/mol. The number of halogens is 1. The van der Waals surface area contributed by atoms with Gasteiger partial charge in [-0.15, -0.1) is 0 Å².